The summed E-state index contributed by atoms with van der Waals surface area (Å²) in [6.45, 7) is 5.80. The molecule has 0 fully saturated rings. The van der Waals surface area contributed by atoms with Gasteiger partial charge in [0, 0.05) is 18.6 Å². The quantitative estimate of drug-likeness (QED) is 0.821. The van der Waals surface area contributed by atoms with Gasteiger partial charge in [0.2, 0.25) is 0 Å². The lowest BCUT2D eigenvalue weighted by Crippen LogP contribution is -2.47. The Morgan fingerprint density at radius 1 is 1.69 bits per heavy atom. The van der Waals surface area contributed by atoms with Crippen LogP contribution in [0.25, 0.3) is 0 Å². The van der Waals surface area contributed by atoms with Gasteiger partial charge in [-0.3, -0.25) is 9.48 Å². The van der Waals surface area contributed by atoms with Gasteiger partial charge in [0.05, 0.1) is 17.3 Å². The first-order valence-electron chi connectivity index (χ1n) is 5.30. The first kappa shape index (κ1) is 13.0. The van der Waals surface area contributed by atoms with Crippen LogP contribution in [0.1, 0.15) is 36.3 Å². The summed E-state index contributed by atoms with van der Waals surface area (Å²) in [6, 6.07) is 0. The lowest BCUT2D eigenvalue weighted by atomic mass is 10.0. The second-order valence-corrected chi connectivity index (χ2v) is 4.54. The zero-order valence-corrected chi connectivity index (χ0v) is 10.9. The Labute approximate surface area is 101 Å². The number of nitrogens with one attached hydrogen (secondary N) is 1. The van der Waals surface area contributed by atoms with E-state index in [1.54, 1.807) is 10.9 Å². The molecule has 1 N–H and O–H groups in total. The van der Waals surface area contributed by atoms with Gasteiger partial charge in [0.1, 0.15) is 0 Å². The Balaban J connectivity index is 2.84. The fraction of sp³-hybridized carbons (Fsp3) is 0.636. The first-order valence-corrected chi connectivity index (χ1v) is 5.84. The molecule has 0 aliphatic rings. The van der Waals surface area contributed by atoms with Crippen LogP contribution in [-0.4, -0.2) is 27.1 Å². The van der Waals surface area contributed by atoms with E-state index in [1.807, 2.05) is 27.8 Å². The Morgan fingerprint density at radius 2 is 2.31 bits per heavy atom. The van der Waals surface area contributed by atoms with E-state index in [0.29, 0.717) is 11.4 Å². The number of carbonyl (C=O) groups excluding carboxylic acids is 1. The summed E-state index contributed by atoms with van der Waals surface area (Å²) < 4.78 is 1.68. The van der Waals surface area contributed by atoms with Crippen LogP contribution in [-0.2, 0) is 7.05 Å². The van der Waals surface area contributed by atoms with Crippen LogP contribution in [0, 0.1) is 6.92 Å². The third kappa shape index (κ3) is 2.55. The highest BCUT2D eigenvalue weighted by Crippen LogP contribution is 2.14. The number of nitrogens with zero attached hydrogens (tertiary/aromatic N) is 2. The standard InChI is InChI=1S/C11H18ClN3O/c1-5-11(3,7-12)14-10(16)9-6-13-15(4)8(9)2/h6H,5,7H2,1-4H3,(H,14,16). The molecule has 1 aromatic heterocycles. The third-order valence-electron chi connectivity index (χ3n) is 2.97. The highest BCUT2D eigenvalue weighted by atomic mass is 35.5. The predicted octanol–water partition coefficient (Wildman–Crippen LogP) is 1.87. The Morgan fingerprint density at radius 3 is 2.69 bits per heavy atom. The molecule has 0 aromatic carbocycles. The average Bonchev–Trinajstić information content (AvgIpc) is 2.59. The maximum absolute atomic E-state index is 12.0. The summed E-state index contributed by atoms with van der Waals surface area (Å²) in [6.07, 6.45) is 2.37. The number of amides is 1. The number of hydrogen-bond acceptors (Lipinski definition) is 2. The van der Waals surface area contributed by atoms with Crippen molar-refractivity contribution in [1.29, 1.82) is 0 Å². The number of aromatic nitrogens is 2. The second-order valence-electron chi connectivity index (χ2n) is 4.27. The summed E-state index contributed by atoms with van der Waals surface area (Å²) in [5.74, 6) is 0.282. The van der Waals surface area contributed by atoms with Crippen molar-refractivity contribution in [1.82, 2.24) is 15.1 Å². The zero-order chi connectivity index (χ0) is 12.3. The Kier molecular flexibility index (Phi) is 3.97. The smallest absolute Gasteiger partial charge is 0.255 e. The van der Waals surface area contributed by atoms with Gasteiger partial charge in [0.15, 0.2) is 0 Å². The predicted molar refractivity (Wildman–Crippen MR) is 64.8 cm³/mol. The van der Waals surface area contributed by atoms with Crippen LogP contribution < -0.4 is 5.32 Å². The van der Waals surface area contributed by atoms with E-state index >= 15 is 0 Å². The molecule has 1 amide bonds. The van der Waals surface area contributed by atoms with Gasteiger partial charge in [-0.1, -0.05) is 6.92 Å². The highest BCUT2D eigenvalue weighted by molar-refractivity contribution is 6.18. The van der Waals surface area contributed by atoms with Crippen molar-refractivity contribution in [3.63, 3.8) is 0 Å². The molecule has 16 heavy (non-hydrogen) atoms. The molecular formula is C11H18ClN3O. The summed E-state index contributed by atoms with van der Waals surface area (Å²) in [5.41, 5.74) is 1.10. The molecule has 1 rings (SSSR count). The van der Waals surface area contributed by atoms with Crippen LogP contribution in [0.2, 0.25) is 0 Å². The molecule has 4 nitrogen and oxygen atoms in total. The van der Waals surface area contributed by atoms with Crippen molar-refractivity contribution in [2.75, 3.05) is 5.88 Å². The molecule has 0 spiro atoms. The second kappa shape index (κ2) is 4.87. The fourth-order valence-electron chi connectivity index (χ4n) is 1.28. The van der Waals surface area contributed by atoms with E-state index in [-0.39, 0.29) is 11.4 Å². The van der Waals surface area contributed by atoms with Gasteiger partial charge in [-0.2, -0.15) is 5.10 Å². The maximum Gasteiger partial charge on any atom is 0.255 e. The number of hydrogen-bond donors (Lipinski definition) is 1. The molecule has 0 saturated carbocycles. The normalized spacial score (nSPS) is 14.6. The monoisotopic (exact) mass is 243 g/mol. The van der Waals surface area contributed by atoms with Crippen molar-refractivity contribution in [3.8, 4) is 0 Å². The van der Waals surface area contributed by atoms with Gasteiger partial charge in [0.25, 0.3) is 5.91 Å². The van der Waals surface area contributed by atoms with Crippen molar-refractivity contribution in [3.05, 3.63) is 17.5 Å². The fourth-order valence-corrected chi connectivity index (χ4v) is 1.54. The van der Waals surface area contributed by atoms with Crippen LogP contribution in [0.4, 0.5) is 0 Å². The lowest BCUT2D eigenvalue weighted by molar-refractivity contribution is 0.0911. The maximum atomic E-state index is 12.0. The van der Waals surface area contributed by atoms with Crippen LogP contribution in [0.5, 0.6) is 0 Å². The molecule has 0 aliphatic carbocycles. The highest BCUT2D eigenvalue weighted by Gasteiger charge is 2.25. The molecule has 5 heteroatoms. The molecule has 0 bridgehead atoms. The van der Waals surface area contributed by atoms with E-state index in [0.717, 1.165) is 12.1 Å². The van der Waals surface area contributed by atoms with Crippen LogP contribution in [0.15, 0.2) is 6.20 Å². The number of carbonyl (C=O) groups is 1. The molecular weight excluding hydrogens is 226 g/mol. The minimum absolute atomic E-state index is 0.115. The average molecular weight is 244 g/mol. The zero-order valence-electron chi connectivity index (χ0n) is 10.2. The summed E-state index contributed by atoms with van der Waals surface area (Å²) in [7, 11) is 1.81. The number of halogens is 1. The summed E-state index contributed by atoms with van der Waals surface area (Å²) in [5, 5.41) is 6.98. The first-order chi connectivity index (χ1) is 7.43. The molecule has 0 radical (unpaired) electrons. The summed E-state index contributed by atoms with van der Waals surface area (Å²) >= 11 is 5.85. The van der Waals surface area contributed by atoms with Gasteiger partial charge in [-0.15, -0.1) is 11.6 Å². The van der Waals surface area contributed by atoms with Crippen molar-refractivity contribution < 1.29 is 4.79 Å². The van der Waals surface area contributed by atoms with Crippen molar-refractivity contribution in [2.45, 2.75) is 32.7 Å². The van der Waals surface area contributed by atoms with Gasteiger partial charge < -0.3 is 5.32 Å². The summed E-state index contributed by atoms with van der Waals surface area (Å²) in [4.78, 5) is 12.0. The van der Waals surface area contributed by atoms with Gasteiger partial charge >= 0.3 is 0 Å². The molecule has 1 aromatic rings. The van der Waals surface area contributed by atoms with Crippen molar-refractivity contribution >= 4 is 17.5 Å². The van der Waals surface area contributed by atoms with Crippen molar-refractivity contribution in [2.24, 2.45) is 7.05 Å². The number of alkyl halides is 1. The molecule has 1 atom stereocenters. The molecule has 1 unspecified atom stereocenters. The van der Waals surface area contributed by atoms with E-state index in [4.69, 9.17) is 11.6 Å². The topological polar surface area (TPSA) is 46.9 Å². The van der Waals surface area contributed by atoms with Crippen LogP contribution in [0.3, 0.4) is 0 Å². The van der Waals surface area contributed by atoms with Crippen LogP contribution >= 0.6 is 11.6 Å². The van der Waals surface area contributed by atoms with E-state index in [9.17, 15) is 4.79 Å². The van der Waals surface area contributed by atoms with E-state index in [1.165, 1.54) is 0 Å². The minimum atomic E-state index is -0.360. The number of rotatable bonds is 4. The van der Waals surface area contributed by atoms with E-state index in [2.05, 4.69) is 10.4 Å². The molecule has 1 heterocycles. The Bertz CT molecular complexity index is 383. The van der Waals surface area contributed by atoms with Gasteiger partial charge in [-0.05, 0) is 20.3 Å². The molecule has 90 valence electrons. The molecule has 0 aliphatic heterocycles. The Hall–Kier alpha value is -1.03. The van der Waals surface area contributed by atoms with E-state index < -0.39 is 0 Å². The largest absolute Gasteiger partial charge is 0.346 e. The number of aryl methyl sites for hydroxylation is 1. The lowest BCUT2D eigenvalue weighted by Gasteiger charge is -2.26. The van der Waals surface area contributed by atoms with Gasteiger partial charge in [-0.25, -0.2) is 0 Å². The SMILES string of the molecule is CCC(C)(CCl)NC(=O)c1cnn(C)c1C. The minimum Gasteiger partial charge on any atom is -0.346 e. The third-order valence-corrected chi connectivity index (χ3v) is 3.56. The molecule has 0 saturated heterocycles.